The zero-order valence-corrected chi connectivity index (χ0v) is 18.8. The summed E-state index contributed by atoms with van der Waals surface area (Å²) in [6.45, 7) is 7.17. The van der Waals surface area contributed by atoms with Crippen molar-refractivity contribution in [1.29, 1.82) is 0 Å². The first-order valence-electron chi connectivity index (χ1n) is 12.7. The summed E-state index contributed by atoms with van der Waals surface area (Å²) in [6.07, 6.45) is 22.2. The number of hydrogen-bond donors (Lipinski definition) is 1. The number of unbranched alkanes of at least 4 members (excludes halogenated alkanes) is 2. The maximum atomic E-state index is 10.2. The topological polar surface area (TPSA) is 20.2 Å². The van der Waals surface area contributed by atoms with Gasteiger partial charge in [-0.2, -0.15) is 0 Å². The minimum absolute atomic E-state index is 0.0147. The van der Waals surface area contributed by atoms with E-state index in [4.69, 9.17) is 0 Å². The zero-order valence-electron chi connectivity index (χ0n) is 18.8. The van der Waals surface area contributed by atoms with Crippen LogP contribution in [0.1, 0.15) is 111 Å². The van der Waals surface area contributed by atoms with Crippen molar-refractivity contribution in [2.45, 2.75) is 117 Å². The van der Waals surface area contributed by atoms with Gasteiger partial charge in [-0.05, 0) is 137 Å². The summed E-state index contributed by atoms with van der Waals surface area (Å²) in [5.41, 5.74) is 3.53. The molecule has 0 saturated heterocycles. The smallest absolute Gasteiger partial charge is 0.0543 e. The molecule has 5 aliphatic carbocycles. The Bertz CT molecular complexity index is 632. The average Bonchev–Trinajstić information content (AvgIpc) is 3.21. The normalized spacial score (nSPS) is 51.5. The van der Waals surface area contributed by atoms with Gasteiger partial charge in [0.05, 0.1) is 6.10 Å². The third kappa shape index (κ3) is 2.74. The maximum Gasteiger partial charge on any atom is 0.0543 e. The van der Waals surface area contributed by atoms with Gasteiger partial charge in [0, 0.05) is 0 Å². The number of allylic oxidation sites excluding steroid dienone is 2. The Kier molecular flexibility index (Phi) is 4.81. The summed E-state index contributed by atoms with van der Waals surface area (Å²) in [5, 5.41) is 10.2. The van der Waals surface area contributed by atoms with Gasteiger partial charge in [-0.15, -0.1) is 0 Å². The predicted octanol–water partition coefficient (Wildman–Crippen LogP) is 7.29. The van der Waals surface area contributed by atoms with Crippen molar-refractivity contribution in [3.05, 3.63) is 11.6 Å². The molecule has 0 heterocycles. The lowest BCUT2D eigenvalue weighted by atomic mass is 9.49. The van der Waals surface area contributed by atoms with Crippen LogP contribution in [0.3, 0.4) is 0 Å². The van der Waals surface area contributed by atoms with Gasteiger partial charge >= 0.3 is 0 Å². The summed E-state index contributed by atoms with van der Waals surface area (Å²) in [5.74, 6) is 3.93. The van der Waals surface area contributed by atoms with Crippen molar-refractivity contribution in [1.82, 2.24) is 0 Å². The fraction of sp³-hybridized carbons (Fsp3) is 0.926. The van der Waals surface area contributed by atoms with Crippen LogP contribution in [0.25, 0.3) is 0 Å². The zero-order chi connectivity index (χ0) is 19.6. The van der Waals surface area contributed by atoms with Gasteiger partial charge in [0.2, 0.25) is 0 Å². The first kappa shape index (κ1) is 19.7. The van der Waals surface area contributed by atoms with E-state index in [2.05, 4.69) is 26.8 Å². The molecule has 8 atom stereocenters. The summed E-state index contributed by atoms with van der Waals surface area (Å²) >= 11 is 0. The second-order valence-corrected chi connectivity index (χ2v) is 12.3. The first-order chi connectivity index (χ1) is 13.4. The third-order valence-electron chi connectivity index (χ3n) is 11.1. The van der Waals surface area contributed by atoms with Crippen LogP contribution >= 0.6 is 0 Å². The van der Waals surface area contributed by atoms with Crippen LogP contribution in [0.15, 0.2) is 11.6 Å². The SMILES string of the molecule is CC(C)=CCCCC[C@H]1CC[C@H]2[C@@H]3CC[C@H]4C[C@@H](O)CCC45CC35CC[C@]12C. The molecule has 158 valence electrons. The molecule has 0 aromatic heterocycles. The number of rotatable bonds is 5. The third-order valence-corrected chi connectivity index (χ3v) is 11.1. The van der Waals surface area contributed by atoms with Crippen molar-refractivity contribution < 1.29 is 5.11 Å². The van der Waals surface area contributed by atoms with Gasteiger partial charge < -0.3 is 5.11 Å². The molecule has 0 aliphatic heterocycles. The van der Waals surface area contributed by atoms with Gasteiger partial charge in [0.15, 0.2) is 0 Å². The van der Waals surface area contributed by atoms with Crippen molar-refractivity contribution in [2.75, 3.05) is 0 Å². The molecule has 1 nitrogen and oxygen atoms in total. The minimum atomic E-state index is 0.0147. The maximum absolute atomic E-state index is 10.2. The molecule has 0 amide bonds. The molecule has 0 bridgehead atoms. The molecular formula is C27H44O. The fourth-order valence-corrected chi connectivity index (χ4v) is 9.65. The highest BCUT2D eigenvalue weighted by atomic mass is 16.3. The molecule has 0 radical (unpaired) electrons. The van der Waals surface area contributed by atoms with Crippen molar-refractivity contribution >= 4 is 0 Å². The highest BCUT2D eigenvalue weighted by Gasteiger charge is 2.77. The van der Waals surface area contributed by atoms with E-state index >= 15 is 0 Å². The molecule has 28 heavy (non-hydrogen) atoms. The molecule has 2 spiro atoms. The molecule has 2 unspecified atom stereocenters. The molecule has 1 heteroatoms. The number of aliphatic hydroxyl groups excluding tert-OH is 1. The van der Waals surface area contributed by atoms with E-state index in [0.717, 1.165) is 41.9 Å². The Morgan fingerprint density at radius 1 is 0.929 bits per heavy atom. The lowest BCUT2D eigenvalue weighted by molar-refractivity contribution is -0.0784. The van der Waals surface area contributed by atoms with Gasteiger partial charge in [-0.1, -0.05) is 25.0 Å². The summed E-state index contributed by atoms with van der Waals surface area (Å²) in [4.78, 5) is 0. The minimum Gasteiger partial charge on any atom is -0.393 e. The van der Waals surface area contributed by atoms with Crippen molar-refractivity contribution in [3.8, 4) is 0 Å². The van der Waals surface area contributed by atoms with Crippen LogP contribution in [0.2, 0.25) is 0 Å². The van der Waals surface area contributed by atoms with Crippen LogP contribution in [0, 0.1) is 39.9 Å². The highest BCUT2D eigenvalue weighted by Crippen LogP contribution is 2.85. The molecule has 5 rings (SSSR count). The summed E-state index contributed by atoms with van der Waals surface area (Å²) in [6, 6.07) is 0. The van der Waals surface area contributed by atoms with Crippen LogP contribution in [-0.4, -0.2) is 11.2 Å². The predicted molar refractivity (Wildman–Crippen MR) is 117 cm³/mol. The van der Waals surface area contributed by atoms with Crippen LogP contribution < -0.4 is 0 Å². The van der Waals surface area contributed by atoms with Crippen molar-refractivity contribution in [3.63, 3.8) is 0 Å². The first-order valence-corrected chi connectivity index (χ1v) is 12.7. The van der Waals surface area contributed by atoms with E-state index in [9.17, 15) is 5.11 Å². The molecule has 5 fully saturated rings. The van der Waals surface area contributed by atoms with E-state index in [1.807, 2.05) is 0 Å². The van der Waals surface area contributed by atoms with Gasteiger partial charge in [0.1, 0.15) is 0 Å². The van der Waals surface area contributed by atoms with Gasteiger partial charge in [-0.25, -0.2) is 0 Å². The standard InChI is InChI=1S/C27H44O/c1-19(2)7-5-4-6-8-20-9-11-23-24-12-10-21-17-22(28)13-14-26(21)18-27(24,26)16-15-25(20,23)3/h7,20-24,28H,4-6,8-18H2,1-3H3/t20-,21-,22-,23-,24-,25+,26?,27?/m0/s1. The Hall–Kier alpha value is -0.300. The van der Waals surface area contributed by atoms with Crippen molar-refractivity contribution in [2.24, 2.45) is 39.9 Å². The number of hydrogen-bond acceptors (Lipinski definition) is 1. The highest BCUT2D eigenvalue weighted by molar-refractivity contribution is 5.26. The Balaban J connectivity index is 1.26. The molecule has 1 N–H and O–H groups in total. The molecule has 0 aromatic carbocycles. The number of aliphatic hydroxyl groups is 1. The average molecular weight is 385 g/mol. The summed E-state index contributed by atoms with van der Waals surface area (Å²) < 4.78 is 0. The Morgan fingerprint density at radius 2 is 1.75 bits per heavy atom. The van der Waals surface area contributed by atoms with Crippen LogP contribution in [0.5, 0.6) is 0 Å². The van der Waals surface area contributed by atoms with E-state index in [1.54, 1.807) is 6.42 Å². The molecule has 5 saturated carbocycles. The molecule has 5 aliphatic rings. The molecule has 0 aromatic rings. The van der Waals surface area contributed by atoms with Crippen LogP contribution in [0.4, 0.5) is 0 Å². The van der Waals surface area contributed by atoms with Gasteiger partial charge in [0.25, 0.3) is 0 Å². The summed E-state index contributed by atoms with van der Waals surface area (Å²) in [7, 11) is 0. The monoisotopic (exact) mass is 384 g/mol. The van der Waals surface area contributed by atoms with E-state index in [0.29, 0.717) is 10.8 Å². The Morgan fingerprint density at radius 3 is 2.57 bits per heavy atom. The fourth-order valence-electron chi connectivity index (χ4n) is 9.65. The quantitative estimate of drug-likeness (QED) is 0.390. The largest absolute Gasteiger partial charge is 0.393 e. The lowest BCUT2D eigenvalue weighted by Gasteiger charge is -2.56. The number of fused-ring (bicyclic) bond motifs is 2. The second-order valence-electron chi connectivity index (χ2n) is 12.3. The second kappa shape index (κ2) is 6.86. The van der Waals surface area contributed by atoms with E-state index < -0.39 is 0 Å². The van der Waals surface area contributed by atoms with E-state index in [-0.39, 0.29) is 6.10 Å². The van der Waals surface area contributed by atoms with Crippen LogP contribution in [-0.2, 0) is 0 Å². The lowest BCUT2D eigenvalue weighted by Crippen LogP contribution is -2.49. The van der Waals surface area contributed by atoms with Gasteiger partial charge in [-0.3, -0.25) is 0 Å². The van der Waals surface area contributed by atoms with E-state index in [1.165, 1.54) is 76.2 Å². The Labute approximate surface area is 173 Å². The molecular weight excluding hydrogens is 340 g/mol.